The molecule has 4 nitrogen and oxygen atoms in total. The van der Waals surface area contributed by atoms with Gasteiger partial charge in [0.25, 0.3) is 0 Å². The molecule has 3 rings (SSSR count). The fraction of sp³-hybridized carbons (Fsp3) is 0.667. The van der Waals surface area contributed by atoms with Crippen LogP contribution < -0.4 is 10.6 Å². The molecule has 2 aliphatic rings. The summed E-state index contributed by atoms with van der Waals surface area (Å²) in [5.74, 6) is 1.04. The van der Waals surface area contributed by atoms with E-state index in [4.69, 9.17) is 5.73 Å². The van der Waals surface area contributed by atoms with Gasteiger partial charge in [-0.3, -0.25) is 0 Å². The molecule has 20 heavy (non-hydrogen) atoms. The zero-order valence-corrected chi connectivity index (χ0v) is 13.5. The second-order valence-corrected chi connectivity index (χ2v) is 6.74. The maximum absolute atomic E-state index is 5.76. The first-order chi connectivity index (χ1) is 9.74. The maximum atomic E-state index is 5.76. The number of nitrogens with two attached hydrogens (primary N) is 1. The Balaban J connectivity index is 1.60. The van der Waals surface area contributed by atoms with Crippen LogP contribution in [0.4, 0.5) is 11.5 Å². The summed E-state index contributed by atoms with van der Waals surface area (Å²) in [4.78, 5) is 9.56. The van der Waals surface area contributed by atoms with Gasteiger partial charge in [0.05, 0.1) is 16.4 Å². The predicted octanol–water partition coefficient (Wildman–Crippen LogP) is 2.88. The lowest BCUT2D eigenvalue weighted by Gasteiger charge is -2.40. The fourth-order valence-electron chi connectivity index (χ4n) is 3.40. The molecule has 0 spiro atoms. The highest BCUT2D eigenvalue weighted by Gasteiger charge is 2.26. The summed E-state index contributed by atoms with van der Waals surface area (Å²) in [7, 11) is 0. The van der Waals surface area contributed by atoms with Crippen molar-refractivity contribution in [3.63, 3.8) is 0 Å². The third-order valence-electron chi connectivity index (χ3n) is 4.51. The average Bonchev–Trinajstić information content (AvgIpc) is 2.48. The zero-order chi connectivity index (χ0) is 13.9. The molecule has 110 valence electrons. The molecule has 3 heterocycles. The third-order valence-corrected chi connectivity index (χ3v) is 5.10. The highest BCUT2D eigenvalue weighted by Crippen LogP contribution is 2.29. The van der Waals surface area contributed by atoms with Gasteiger partial charge in [0.2, 0.25) is 0 Å². The van der Waals surface area contributed by atoms with Crippen molar-refractivity contribution in [2.75, 3.05) is 36.8 Å². The van der Waals surface area contributed by atoms with Crippen LogP contribution in [-0.2, 0) is 0 Å². The molecule has 1 aromatic rings. The number of nitrogen functional groups attached to an aromatic ring is 1. The van der Waals surface area contributed by atoms with E-state index in [-0.39, 0.29) is 0 Å². The predicted molar refractivity (Wildman–Crippen MR) is 87.0 cm³/mol. The molecule has 2 N–H and O–H groups in total. The van der Waals surface area contributed by atoms with Gasteiger partial charge in [0, 0.05) is 19.1 Å². The minimum absolute atomic E-state index is 0.712. The Morgan fingerprint density at radius 2 is 1.80 bits per heavy atom. The van der Waals surface area contributed by atoms with Gasteiger partial charge in [-0.1, -0.05) is 6.42 Å². The van der Waals surface area contributed by atoms with Crippen molar-refractivity contribution in [3.05, 3.63) is 16.7 Å². The molecule has 2 saturated heterocycles. The third kappa shape index (κ3) is 3.09. The summed E-state index contributed by atoms with van der Waals surface area (Å²) >= 11 is 3.58. The Morgan fingerprint density at radius 3 is 2.45 bits per heavy atom. The molecule has 0 atom stereocenters. The van der Waals surface area contributed by atoms with Gasteiger partial charge in [-0.05, 0) is 60.8 Å². The number of anilines is 2. The lowest BCUT2D eigenvalue weighted by molar-refractivity contribution is 0.141. The topological polar surface area (TPSA) is 45.4 Å². The Hall–Kier alpha value is -0.810. The lowest BCUT2D eigenvalue weighted by atomic mass is 10.00. The Labute approximate surface area is 129 Å². The molecule has 0 bridgehead atoms. The summed E-state index contributed by atoms with van der Waals surface area (Å²) in [6.07, 6.45) is 8.42. The summed E-state index contributed by atoms with van der Waals surface area (Å²) in [5, 5.41) is 0. The largest absolute Gasteiger partial charge is 0.397 e. The Kier molecular flexibility index (Phi) is 4.46. The molecule has 0 aliphatic carbocycles. The van der Waals surface area contributed by atoms with E-state index >= 15 is 0 Å². The number of aromatic nitrogens is 1. The van der Waals surface area contributed by atoms with Crippen LogP contribution in [0, 0.1) is 0 Å². The van der Waals surface area contributed by atoms with E-state index in [2.05, 4.69) is 30.7 Å². The van der Waals surface area contributed by atoms with E-state index in [1.54, 1.807) is 6.20 Å². The summed E-state index contributed by atoms with van der Waals surface area (Å²) in [6.45, 7) is 4.79. The van der Waals surface area contributed by atoms with Crippen molar-refractivity contribution >= 4 is 27.4 Å². The average molecular weight is 339 g/mol. The first kappa shape index (κ1) is 14.1. The van der Waals surface area contributed by atoms with Crippen LogP contribution in [0.25, 0.3) is 0 Å². The van der Waals surface area contributed by atoms with Gasteiger partial charge < -0.3 is 15.5 Å². The molecule has 2 aliphatic heterocycles. The smallest absolute Gasteiger partial charge is 0.143 e. The van der Waals surface area contributed by atoms with Gasteiger partial charge in [0.15, 0.2) is 0 Å². The van der Waals surface area contributed by atoms with Crippen LogP contribution in [-0.4, -0.2) is 42.1 Å². The van der Waals surface area contributed by atoms with E-state index < -0.39 is 0 Å². The summed E-state index contributed by atoms with van der Waals surface area (Å²) < 4.78 is 1.01. The molecule has 5 heteroatoms. The van der Waals surface area contributed by atoms with Gasteiger partial charge in [-0.25, -0.2) is 4.98 Å². The first-order valence-electron chi connectivity index (χ1n) is 7.64. The second-order valence-electron chi connectivity index (χ2n) is 5.89. The first-order valence-corrected chi connectivity index (χ1v) is 8.43. The standard InChI is InChI=1S/C15H23BrN4/c16-14-10-12(17)11-18-15(14)20-8-4-13(5-9-20)19-6-2-1-3-7-19/h10-11,13H,1-9,17H2. The lowest BCUT2D eigenvalue weighted by Crippen LogP contribution is -2.47. The number of hydrogen-bond donors (Lipinski definition) is 1. The van der Waals surface area contributed by atoms with E-state index in [1.165, 1.54) is 45.2 Å². The highest BCUT2D eigenvalue weighted by atomic mass is 79.9. The SMILES string of the molecule is Nc1cnc(N2CCC(N3CCCCC3)CC2)c(Br)c1. The number of hydrogen-bond acceptors (Lipinski definition) is 4. The van der Waals surface area contributed by atoms with Crippen LogP contribution in [0.1, 0.15) is 32.1 Å². The normalized spacial score (nSPS) is 22.1. The van der Waals surface area contributed by atoms with Crippen molar-refractivity contribution in [1.29, 1.82) is 0 Å². The number of halogens is 1. The second kappa shape index (κ2) is 6.31. The molecular weight excluding hydrogens is 316 g/mol. The monoisotopic (exact) mass is 338 g/mol. The quantitative estimate of drug-likeness (QED) is 0.900. The molecule has 0 radical (unpaired) electrons. The number of piperidine rings is 2. The summed E-state index contributed by atoms with van der Waals surface area (Å²) in [5.41, 5.74) is 6.47. The molecule has 2 fully saturated rings. The summed E-state index contributed by atoms with van der Waals surface area (Å²) in [6, 6.07) is 2.72. The molecule has 1 aromatic heterocycles. The van der Waals surface area contributed by atoms with Gasteiger partial charge >= 0.3 is 0 Å². The van der Waals surface area contributed by atoms with Crippen molar-refractivity contribution in [2.45, 2.75) is 38.1 Å². The molecular formula is C15H23BrN4. The van der Waals surface area contributed by atoms with Crippen molar-refractivity contribution < 1.29 is 0 Å². The maximum Gasteiger partial charge on any atom is 0.143 e. The minimum atomic E-state index is 0.712. The van der Waals surface area contributed by atoms with Crippen LogP contribution >= 0.6 is 15.9 Å². The zero-order valence-electron chi connectivity index (χ0n) is 11.9. The van der Waals surface area contributed by atoms with Crippen LogP contribution in [0.5, 0.6) is 0 Å². The van der Waals surface area contributed by atoms with E-state index in [1.807, 2.05) is 6.07 Å². The minimum Gasteiger partial charge on any atom is -0.397 e. The van der Waals surface area contributed by atoms with Crippen LogP contribution in [0.2, 0.25) is 0 Å². The highest BCUT2D eigenvalue weighted by molar-refractivity contribution is 9.10. The molecule has 0 unspecified atom stereocenters. The van der Waals surface area contributed by atoms with E-state index in [0.717, 1.165) is 29.4 Å². The van der Waals surface area contributed by atoms with Gasteiger partial charge in [-0.15, -0.1) is 0 Å². The van der Waals surface area contributed by atoms with E-state index in [9.17, 15) is 0 Å². The Morgan fingerprint density at radius 1 is 1.10 bits per heavy atom. The van der Waals surface area contributed by atoms with Gasteiger partial charge in [0.1, 0.15) is 5.82 Å². The Bertz CT molecular complexity index is 451. The van der Waals surface area contributed by atoms with Crippen molar-refractivity contribution in [1.82, 2.24) is 9.88 Å². The van der Waals surface area contributed by atoms with E-state index in [0.29, 0.717) is 5.69 Å². The number of rotatable bonds is 2. The molecule has 0 aromatic carbocycles. The van der Waals surface area contributed by atoms with Crippen LogP contribution in [0.3, 0.4) is 0 Å². The van der Waals surface area contributed by atoms with Crippen molar-refractivity contribution in [3.8, 4) is 0 Å². The fourth-order valence-corrected chi connectivity index (χ4v) is 4.02. The van der Waals surface area contributed by atoms with Crippen LogP contribution in [0.15, 0.2) is 16.7 Å². The van der Waals surface area contributed by atoms with Gasteiger partial charge in [-0.2, -0.15) is 0 Å². The van der Waals surface area contributed by atoms with Crippen molar-refractivity contribution in [2.24, 2.45) is 0 Å². The number of likely N-dealkylation sites (tertiary alicyclic amines) is 1. The molecule has 0 amide bonds. The number of nitrogens with zero attached hydrogens (tertiary/aromatic N) is 3. The number of pyridine rings is 1. The molecule has 0 saturated carbocycles.